The summed E-state index contributed by atoms with van der Waals surface area (Å²) < 4.78 is 5.24. The Morgan fingerprint density at radius 3 is 2.30 bits per heavy atom. The SMILES string of the molecule is CO[C@H]1CC[C@@H](CN)CC1. The first kappa shape index (κ1) is 8.02. The molecular formula is C8H17NO. The number of hydrogen-bond acceptors (Lipinski definition) is 2. The van der Waals surface area contributed by atoms with Crippen LogP contribution in [0.25, 0.3) is 0 Å². The fraction of sp³-hybridized carbons (Fsp3) is 1.00. The molecular weight excluding hydrogens is 126 g/mol. The molecule has 10 heavy (non-hydrogen) atoms. The molecule has 0 bridgehead atoms. The normalized spacial score (nSPS) is 34.2. The van der Waals surface area contributed by atoms with E-state index in [0.717, 1.165) is 12.5 Å². The fourth-order valence-corrected chi connectivity index (χ4v) is 1.60. The van der Waals surface area contributed by atoms with Crippen molar-refractivity contribution in [2.75, 3.05) is 13.7 Å². The second-order valence-electron chi connectivity index (χ2n) is 3.11. The lowest BCUT2D eigenvalue weighted by Crippen LogP contribution is -2.24. The van der Waals surface area contributed by atoms with Crippen molar-refractivity contribution in [2.45, 2.75) is 31.8 Å². The van der Waals surface area contributed by atoms with E-state index in [-0.39, 0.29) is 0 Å². The molecule has 1 fully saturated rings. The van der Waals surface area contributed by atoms with Crippen molar-refractivity contribution < 1.29 is 4.74 Å². The van der Waals surface area contributed by atoms with Gasteiger partial charge in [0.1, 0.15) is 0 Å². The van der Waals surface area contributed by atoms with Gasteiger partial charge < -0.3 is 10.5 Å². The predicted octanol–water partition coefficient (Wildman–Crippen LogP) is 1.15. The third-order valence-electron chi connectivity index (χ3n) is 2.46. The summed E-state index contributed by atoms with van der Waals surface area (Å²) in [5.41, 5.74) is 5.55. The van der Waals surface area contributed by atoms with E-state index < -0.39 is 0 Å². The van der Waals surface area contributed by atoms with Crippen molar-refractivity contribution >= 4 is 0 Å². The van der Waals surface area contributed by atoms with Crippen LogP contribution >= 0.6 is 0 Å². The zero-order chi connectivity index (χ0) is 7.40. The van der Waals surface area contributed by atoms with E-state index in [0.29, 0.717) is 6.10 Å². The van der Waals surface area contributed by atoms with Crippen LogP contribution in [0.5, 0.6) is 0 Å². The van der Waals surface area contributed by atoms with Crippen LogP contribution < -0.4 is 5.73 Å². The lowest BCUT2D eigenvalue weighted by Gasteiger charge is -2.26. The van der Waals surface area contributed by atoms with E-state index in [2.05, 4.69) is 0 Å². The van der Waals surface area contributed by atoms with E-state index in [1.165, 1.54) is 25.7 Å². The molecule has 2 heteroatoms. The first-order valence-corrected chi connectivity index (χ1v) is 4.09. The molecule has 0 saturated heterocycles. The van der Waals surface area contributed by atoms with Crippen LogP contribution in [0.3, 0.4) is 0 Å². The highest BCUT2D eigenvalue weighted by Crippen LogP contribution is 2.24. The molecule has 1 rings (SSSR count). The third kappa shape index (κ3) is 1.96. The minimum atomic E-state index is 0.516. The van der Waals surface area contributed by atoms with Crippen molar-refractivity contribution in [3.8, 4) is 0 Å². The lowest BCUT2D eigenvalue weighted by molar-refractivity contribution is 0.0580. The van der Waals surface area contributed by atoms with E-state index in [1.54, 1.807) is 7.11 Å². The second-order valence-corrected chi connectivity index (χ2v) is 3.11. The maximum absolute atomic E-state index is 5.55. The van der Waals surface area contributed by atoms with E-state index in [4.69, 9.17) is 10.5 Å². The maximum atomic E-state index is 5.55. The zero-order valence-electron chi connectivity index (χ0n) is 6.68. The van der Waals surface area contributed by atoms with Crippen LogP contribution in [0.4, 0.5) is 0 Å². The Hall–Kier alpha value is -0.0800. The molecule has 0 atom stereocenters. The van der Waals surface area contributed by atoms with Gasteiger partial charge >= 0.3 is 0 Å². The highest BCUT2D eigenvalue weighted by molar-refractivity contribution is 4.72. The van der Waals surface area contributed by atoms with Gasteiger partial charge in [-0.3, -0.25) is 0 Å². The second kappa shape index (κ2) is 3.94. The first-order valence-electron chi connectivity index (χ1n) is 4.09. The average molecular weight is 143 g/mol. The molecule has 0 aliphatic heterocycles. The highest BCUT2D eigenvalue weighted by Gasteiger charge is 2.18. The van der Waals surface area contributed by atoms with Crippen LogP contribution in [-0.2, 0) is 4.74 Å². The summed E-state index contributed by atoms with van der Waals surface area (Å²) >= 11 is 0. The Morgan fingerprint density at radius 2 is 1.90 bits per heavy atom. The van der Waals surface area contributed by atoms with Gasteiger partial charge in [0, 0.05) is 7.11 Å². The monoisotopic (exact) mass is 143 g/mol. The number of methoxy groups -OCH3 is 1. The minimum Gasteiger partial charge on any atom is -0.381 e. The maximum Gasteiger partial charge on any atom is 0.0571 e. The molecule has 0 aromatic rings. The topological polar surface area (TPSA) is 35.2 Å². The van der Waals surface area contributed by atoms with Crippen molar-refractivity contribution in [1.29, 1.82) is 0 Å². The van der Waals surface area contributed by atoms with Gasteiger partial charge in [0.25, 0.3) is 0 Å². The summed E-state index contributed by atoms with van der Waals surface area (Å²) in [5, 5.41) is 0. The van der Waals surface area contributed by atoms with E-state index in [1.807, 2.05) is 0 Å². The summed E-state index contributed by atoms with van der Waals surface area (Å²) in [4.78, 5) is 0. The first-order chi connectivity index (χ1) is 4.86. The molecule has 0 unspecified atom stereocenters. The highest BCUT2D eigenvalue weighted by atomic mass is 16.5. The zero-order valence-corrected chi connectivity index (χ0v) is 6.68. The Bertz CT molecular complexity index is 75.3. The van der Waals surface area contributed by atoms with Crippen LogP contribution in [0, 0.1) is 5.92 Å². The standard InChI is InChI=1S/C8H17NO/c1-10-8-4-2-7(6-9)3-5-8/h7-8H,2-6,9H2,1H3/t7-,8+. The lowest BCUT2D eigenvalue weighted by atomic mass is 9.87. The van der Waals surface area contributed by atoms with Crippen molar-refractivity contribution in [1.82, 2.24) is 0 Å². The molecule has 0 aromatic carbocycles. The molecule has 0 spiro atoms. The molecule has 60 valence electrons. The minimum absolute atomic E-state index is 0.516. The summed E-state index contributed by atoms with van der Waals surface area (Å²) in [5.74, 6) is 0.770. The van der Waals surface area contributed by atoms with E-state index in [9.17, 15) is 0 Å². The number of nitrogens with two attached hydrogens (primary N) is 1. The van der Waals surface area contributed by atoms with Gasteiger partial charge in [-0.2, -0.15) is 0 Å². The average Bonchev–Trinajstić information content (AvgIpc) is 2.05. The third-order valence-corrected chi connectivity index (χ3v) is 2.46. The van der Waals surface area contributed by atoms with Gasteiger partial charge in [-0.15, -0.1) is 0 Å². The largest absolute Gasteiger partial charge is 0.381 e. The fourth-order valence-electron chi connectivity index (χ4n) is 1.60. The molecule has 1 aliphatic carbocycles. The quantitative estimate of drug-likeness (QED) is 0.629. The summed E-state index contributed by atoms with van der Waals surface area (Å²) in [6.45, 7) is 0.858. The van der Waals surface area contributed by atoms with Crippen molar-refractivity contribution in [3.05, 3.63) is 0 Å². The summed E-state index contributed by atoms with van der Waals surface area (Å²) in [7, 11) is 1.80. The van der Waals surface area contributed by atoms with Crippen molar-refractivity contribution in [2.24, 2.45) is 11.7 Å². The van der Waals surface area contributed by atoms with Crippen LogP contribution in [-0.4, -0.2) is 19.8 Å². The Balaban J connectivity index is 2.17. The summed E-state index contributed by atoms with van der Waals surface area (Å²) in [6, 6.07) is 0. The Labute approximate surface area is 62.7 Å². The number of ether oxygens (including phenoxy) is 1. The van der Waals surface area contributed by atoms with Gasteiger partial charge in [0.2, 0.25) is 0 Å². The van der Waals surface area contributed by atoms with Gasteiger partial charge in [-0.1, -0.05) is 0 Å². The van der Waals surface area contributed by atoms with Crippen molar-refractivity contribution in [3.63, 3.8) is 0 Å². The van der Waals surface area contributed by atoms with Gasteiger partial charge in [0.05, 0.1) is 6.10 Å². The van der Waals surface area contributed by atoms with Gasteiger partial charge in [0.15, 0.2) is 0 Å². The van der Waals surface area contributed by atoms with Gasteiger partial charge in [-0.25, -0.2) is 0 Å². The van der Waals surface area contributed by atoms with Crippen LogP contribution in [0.2, 0.25) is 0 Å². The molecule has 2 N–H and O–H groups in total. The predicted molar refractivity (Wildman–Crippen MR) is 41.8 cm³/mol. The number of hydrogen-bond donors (Lipinski definition) is 1. The molecule has 1 saturated carbocycles. The Morgan fingerprint density at radius 1 is 1.30 bits per heavy atom. The van der Waals surface area contributed by atoms with E-state index >= 15 is 0 Å². The molecule has 0 aromatic heterocycles. The molecule has 0 radical (unpaired) electrons. The molecule has 0 heterocycles. The number of rotatable bonds is 2. The van der Waals surface area contributed by atoms with Crippen LogP contribution in [0.1, 0.15) is 25.7 Å². The Kier molecular flexibility index (Phi) is 3.16. The summed E-state index contributed by atoms with van der Waals surface area (Å²) in [6.07, 6.45) is 5.45. The molecule has 1 aliphatic rings. The molecule has 0 amide bonds. The smallest absolute Gasteiger partial charge is 0.0571 e. The molecule has 2 nitrogen and oxygen atoms in total. The van der Waals surface area contributed by atoms with Crippen LogP contribution in [0.15, 0.2) is 0 Å². The van der Waals surface area contributed by atoms with Gasteiger partial charge in [-0.05, 0) is 38.1 Å².